The van der Waals surface area contributed by atoms with Gasteiger partial charge < -0.3 is 15.3 Å². The smallest absolute Gasteiger partial charge is 0.322 e. The van der Waals surface area contributed by atoms with Crippen LogP contribution in [0.1, 0.15) is 24.8 Å². The highest BCUT2D eigenvalue weighted by Gasteiger charge is 2.51. The molecule has 2 bridgehead atoms. The van der Waals surface area contributed by atoms with E-state index in [1.54, 1.807) is 4.90 Å². The number of hydrogen-bond donors (Lipinski definition) is 2. The number of nitrogens with one attached hydrogen (secondary N) is 1. The first-order valence-electron chi connectivity index (χ1n) is 7.06. The topological polar surface area (TPSA) is 69.6 Å². The summed E-state index contributed by atoms with van der Waals surface area (Å²) in [5, 5.41) is 12.2. The molecule has 2 saturated heterocycles. The van der Waals surface area contributed by atoms with Crippen LogP contribution >= 0.6 is 15.9 Å². The zero-order valence-electron chi connectivity index (χ0n) is 11.7. The number of benzene rings is 1. The van der Waals surface area contributed by atoms with Crippen molar-refractivity contribution in [2.24, 2.45) is 5.92 Å². The average molecular weight is 353 g/mol. The molecule has 5 nitrogen and oxygen atoms in total. The quantitative estimate of drug-likeness (QED) is 0.858. The lowest BCUT2D eigenvalue weighted by Crippen LogP contribution is -2.40. The van der Waals surface area contributed by atoms with Crippen LogP contribution in [0.2, 0.25) is 0 Å². The number of nitrogens with zero attached hydrogens (tertiary/aromatic N) is 1. The Kier molecular flexibility index (Phi) is 3.65. The van der Waals surface area contributed by atoms with E-state index in [0.717, 1.165) is 28.6 Å². The molecule has 1 aromatic carbocycles. The van der Waals surface area contributed by atoms with Crippen LogP contribution in [-0.4, -0.2) is 34.1 Å². The number of carboxylic acids is 1. The Hall–Kier alpha value is -1.56. The number of anilines is 1. The highest BCUT2D eigenvalue weighted by molar-refractivity contribution is 9.10. The second kappa shape index (κ2) is 5.33. The molecule has 0 spiro atoms. The second-order valence-electron chi connectivity index (χ2n) is 5.73. The maximum absolute atomic E-state index is 12.5. The van der Waals surface area contributed by atoms with Gasteiger partial charge in [0.15, 0.2) is 0 Å². The molecule has 2 heterocycles. The lowest BCUT2D eigenvalue weighted by molar-refractivity contribution is -0.142. The summed E-state index contributed by atoms with van der Waals surface area (Å²) in [7, 11) is 0. The standard InChI is InChI=1S/C15H17BrN2O3/c1-8-11(16)3-2-4-12(8)17-15(21)18-9-5-6-13(18)10(7-9)14(19)20/h2-4,9-10,13H,5-7H2,1H3,(H,17,21)(H,19,20). The molecular formula is C15H17BrN2O3. The van der Waals surface area contributed by atoms with Gasteiger partial charge in [0.1, 0.15) is 0 Å². The van der Waals surface area contributed by atoms with E-state index >= 15 is 0 Å². The molecule has 6 heteroatoms. The van der Waals surface area contributed by atoms with Crippen LogP contribution in [0.4, 0.5) is 10.5 Å². The number of amides is 2. The molecule has 112 valence electrons. The molecule has 3 unspecified atom stereocenters. The molecule has 0 aromatic heterocycles. The fourth-order valence-corrected chi connectivity index (χ4v) is 3.86. The van der Waals surface area contributed by atoms with Crippen LogP contribution in [0.3, 0.4) is 0 Å². The molecule has 0 radical (unpaired) electrons. The van der Waals surface area contributed by atoms with Gasteiger partial charge in [-0.1, -0.05) is 22.0 Å². The molecule has 2 aliphatic heterocycles. The van der Waals surface area contributed by atoms with Gasteiger partial charge in [-0.25, -0.2) is 4.79 Å². The van der Waals surface area contributed by atoms with Gasteiger partial charge in [-0.05, 0) is 43.9 Å². The minimum absolute atomic E-state index is 0.0589. The maximum Gasteiger partial charge on any atom is 0.322 e. The van der Waals surface area contributed by atoms with Crippen LogP contribution in [0.5, 0.6) is 0 Å². The minimum atomic E-state index is -0.793. The monoisotopic (exact) mass is 352 g/mol. The number of fused-ring (bicyclic) bond motifs is 2. The predicted octanol–water partition coefficient (Wildman–Crippen LogP) is 3.23. The SMILES string of the molecule is Cc1c(Br)cccc1NC(=O)N1C2CCC1C(C(=O)O)C2. The Bertz CT molecular complexity index is 605. The van der Waals surface area contributed by atoms with Gasteiger partial charge in [0.2, 0.25) is 0 Å². The third-order valence-corrected chi connectivity index (χ3v) is 5.46. The Balaban J connectivity index is 1.78. The van der Waals surface area contributed by atoms with Gasteiger partial charge in [0.25, 0.3) is 0 Å². The largest absolute Gasteiger partial charge is 0.481 e. The molecule has 3 rings (SSSR count). The van der Waals surface area contributed by atoms with Crippen molar-refractivity contribution < 1.29 is 14.7 Å². The van der Waals surface area contributed by atoms with Gasteiger partial charge in [-0.2, -0.15) is 0 Å². The van der Waals surface area contributed by atoms with Gasteiger partial charge in [-0.3, -0.25) is 4.79 Å². The number of carbonyl (C=O) groups is 2. The lowest BCUT2D eigenvalue weighted by atomic mass is 9.89. The number of rotatable bonds is 2. The normalized spacial score (nSPS) is 27.0. The summed E-state index contributed by atoms with van der Waals surface area (Å²) < 4.78 is 0.938. The minimum Gasteiger partial charge on any atom is -0.481 e. The fourth-order valence-electron chi connectivity index (χ4n) is 3.49. The third-order valence-electron chi connectivity index (χ3n) is 4.60. The van der Waals surface area contributed by atoms with Crippen molar-refractivity contribution in [1.29, 1.82) is 0 Å². The number of carbonyl (C=O) groups excluding carboxylic acids is 1. The fraction of sp³-hybridized carbons (Fsp3) is 0.467. The second-order valence-corrected chi connectivity index (χ2v) is 6.58. The van der Waals surface area contributed by atoms with E-state index in [9.17, 15) is 14.7 Å². The van der Waals surface area contributed by atoms with Gasteiger partial charge >= 0.3 is 12.0 Å². The number of hydrogen-bond acceptors (Lipinski definition) is 2. The molecule has 0 aliphatic carbocycles. The molecule has 2 amide bonds. The number of halogens is 1. The van der Waals surface area contributed by atoms with Crippen molar-refractivity contribution in [2.75, 3.05) is 5.32 Å². The van der Waals surface area contributed by atoms with Crippen LogP contribution in [-0.2, 0) is 4.79 Å². The van der Waals surface area contributed by atoms with Crippen molar-refractivity contribution in [3.63, 3.8) is 0 Å². The first-order chi connectivity index (χ1) is 9.99. The first-order valence-corrected chi connectivity index (χ1v) is 7.85. The molecule has 21 heavy (non-hydrogen) atoms. The lowest BCUT2D eigenvalue weighted by Gasteiger charge is -2.24. The van der Waals surface area contributed by atoms with Crippen molar-refractivity contribution in [3.8, 4) is 0 Å². The van der Waals surface area contributed by atoms with Crippen LogP contribution in [0.15, 0.2) is 22.7 Å². The average Bonchev–Trinajstić information content (AvgIpc) is 3.01. The summed E-state index contributed by atoms with van der Waals surface area (Å²) in [6.45, 7) is 1.93. The summed E-state index contributed by atoms with van der Waals surface area (Å²) in [5.74, 6) is -1.21. The highest BCUT2D eigenvalue weighted by atomic mass is 79.9. The van der Waals surface area contributed by atoms with Gasteiger partial charge in [-0.15, -0.1) is 0 Å². The Labute approximate surface area is 131 Å². The van der Waals surface area contributed by atoms with E-state index in [0.29, 0.717) is 6.42 Å². The van der Waals surface area contributed by atoms with Crippen molar-refractivity contribution >= 4 is 33.6 Å². The van der Waals surface area contributed by atoms with Gasteiger partial charge in [0, 0.05) is 22.2 Å². The summed E-state index contributed by atoms with van der Waals surface area (Å²) in [5.41, 5.74) is 1.72. The molecule has 2 aliphatic rings. The van der Waals surface area contributed by atoms with Crippen molar-refractivity contribution in [2.45, 2.75) is 38.3 Å². The van der Waals surface area contributed by atoms with E-state index in [1.807, 2.05) is 25.1 Å². The molecular weight excluding hydrogens is 336 g/mol. The predicted molar refractivity (Wildman–Crippen MR) is 82.3 cm³/mol. The highest BCUT2D eigenvalue weighted by Crippen LogP contribution is 2.42. The molecule has 2 N–H and O–H groups in total. The van der Waals surface area contributed by atoms with E-state index in [4.69, 9.17) is 0 Å². The Morgan fingerprint density at radius 2 is 2.14 bits per heavy atom. The van der Waals surface area contributed by atoms with E-state index in [-0.39, 0.29) is 18.1 Å². The number of urea groups is 1. The first kappa shape index (κ1) is 14.4. The van der Waals surface area contributed by atoms with E-state index < -0.39 is 11.9 Å². The zero-order chi connectivity index (χ0) is 15.1. The third kappa shape index (κ3) is 2.41. The van der Waals surface area contributed by atoms with Crippen LogP contribution in [0, 0.1) is 12.8 Å². The summed E-state index contributed by atoms with van der Waals surface area (Å²) in [4.78, 5) is 25.5. The summed E-state index contributed by atoms with van der Waals surface area (Å²) >= 11 is 3.44. The molecule has 0 saturated carbocycles. The van der Waals surface area contributed by atoms with Gasteiger partial charge in [0.05, 0.1) is 5.92 Å². The molecule has 3 atom stereocenters. The van der Waals surface area contributed by atoms with Crippen LogP contribution in [0.25, 0.3) is 0 Å². The zero-order valence-corrected chi connectivity index (χ0v) is 13.3. The van der Waals surface area contributed by atoms with E-state index in [2.05, 4.69) is 21.2 Å². The maximum atomic E-state index is 12.5. The van der Waals surface area contributed by atoms with E-state index in [1.165, 1.54) is 0 Å². The summed E-state index contributed by atoms with van der Waals surface area (Å²) in [6, 6.07) is 5.34. The molecule has 1 aromatic rings. The Morgan fingerprint density at radius 1 is 1.38 bits per heavy atom. The number of aliphatic carboxylic acids is 1. The van der Waals surface area contributed by atoms with Crippen LogP contribution < -0.4 is 5.32 Å². The molecule has 2 fully saturated rings. The Morgan fingerprint density at radius 3 is 2.81 bits per heavy atom. The summed E-state index contributed by atoms with van der Waals surface area (Å²) in [6.07, 6.45) is 2.26. The van der Waals surface area contributed by atoms with Crippen molar-refractivity contribution in [1.82, 2.24) is 4.90 Å². The van der Waals surface area contributed by atoms with Crippen molar-refractivity contribution in [3.05, 3.63) is 28.2 Å². The number of carboxylic acid groups (broad SMARTS) is 1.